The molecule has 3 heterocycles. The van der Waals surface area contributed by atoms with Crippen molar-refractivity contribution in [1.82, 2.24) is 0 Å². The number of carbonyl (C=O) groups excluding carboxylic acids is 1. The largest absolute Gasteiger partial charge is 0.393 e. The van der Waals surface area contributed by atoms with E-state index in [9.17, 15) is 20.1 Å². The number of allylic oxidation sites excluding steroid dienone is 3. The van der Waals surface area contributed by atoms with Crippen LogP contribution in [0.4, 0.5) is 0 Å². The quantitative estimate of drug-likeness (QED) is 0.134. The Hall–Kier alpha value is -1.65. The molecule has 6 aliphatic rings. The fourth-order valence-electron chi connectivity index (χ4n) is 8.98. The molecule has 1 unspecified atom stereocenters. The Balaban J connectivity index is 1.31. The second kappa shape index (κ2) is 10.5. The first-order valence-corrected chi connectivity index (χ1v) is 16.0. The van der Waals surface area contributed by atoms with Gasteiger partial charge in [0.2, 0.25) is 0 Å². The zero-order chi connectivity index (χ0) is 30.1. The van der Waals surface area contributed by atoms with Crippen LogP contribution in [0.1, 0.15) is 85.5 Å². The number of hydrogen-bond donors (Lipinski definition) is 3. The highest BCUT2D eigenvalue weighted by Crippen LogP contribution is 2.72. The minimum absolute atomic E-state index is 0.236. The van der Waals surface area contributed by atoms with Gasteiger partial charge in [0.1, 0.15) is 29.5 Å². The lowest BCUT2D eigenvalue weighted by molar-refractivity contribution is -0.406. The number of unbranched alkanes of at least 4 members (excludes halogenated alkanes) is 7. The van der Waals surface area contributed by atoms with Gasteiger partial charge >= 0.3 is 5.97 Å². The third-order valence-electron chi connectivity index (χ3n) is 11.2. The summed E-state index contributed by atoms with van der Waals surface area (Å²) >= 11 is 0. The molecular weight excluding hydrogens is 536 g/mol. The molecule has 0 aromatic rings. The number of fused-ring (bicyclic) bond motifs is 3. The van der Waals surface area contributed by atoms with Crippen molar-refractivity contribution in [1.29, 1.82) is 0 Å². The van der Waals surface area contributed by atoms with Crippen molar-refractivity contribution in [3.05, 3.63) is 48.1 Å². The van der Waals surface area contributed by atoms with Crippen LogP contribution in [0.25, 0.3) is 0 Å². The van der Waals surface area contributed by atoms with Gasteiger partial charge in [0.15, 0.2) is 11.4 Å². The molecule has 5 fully saturated rings. The van der Waals surface area contributed by atoms with Crippen molar-refractivity contribution in [3.8, 4) is 0 Å². The number of ketones is 1. The highest BCUT2D eigenvalue weighted by Gasteiger charge is 2.88. The van der Waals surface area contributed by atoms with Crippen LogP contribution in [0.2, 0.25) is 0 Å². The predicted octanol–water partition coefficient (Wildman–Crippen LogP) is 4.43. The Morgan fingerprint density at radius 2 is 1.81 bits per heavy atom. The van der Waals surface area contributed by atoms with Crippen molar-refractivity contribution in [2.45, 2.75) is 132 Å². The van der Waals surface area contributed by atoms with E-state index in [-0.39, 0.29) is 5.92 Å². The van der Waals surface area contributed by atoms with Crippen LogP contribution in [0.3, 0.4) is 0 Å². The van der Waals surface area contributed by atoms with E-state index in [1.54, 1.807) is 19.1 Å². The first kappa shape index (κ1) is 30.4. The molecule has 3 saturated heterocycles. The highest BCUT2D eigenvalue weighted by molar-refractivity contribution is 6.05. The molecule has 0 aromatic carbocycles. The summed E-state index contributed by atoms with van der Waals surface area (Å²) < 4.78 is 26.5. The topological polar surface area (TPSA) is 118 Å². The number of aliphatic hydroxyl groups is 3. The summed E-state index contributed by atoms with van der Waals surface area (Å²) in [4.78, 5) is 13.5. The average molecular weight is 585 g/mol. The van der Waals surface area contributed by atoms with Crippen LogP contribution >= 0.6 is 0 Å². The zero-order valence-electron chi connectivity index (χ0n) is 25.5. The fraction of sp³-hybridized carbons (Fsp3) is 0.735. The van der Waals surface area contributed by atoms with Gasteiger partial charge in [-0.2, -0.15) is 0 Å². The van der Waals surface area contributed by atoms with E-state index in [1.807, 2.05) is 26.0 Å². The third kappa shape index (κ3) is 3.95. The summed E-state index contributed by atoms with van der Waals surface area (Å²) in [5.74, 6) is -3.80. The first-order valence-electron chi connectivity index (χ1n) is 16.0. The second-order valence-electron chi connectivity index (χ2n) is 13.7. The monoisotopic (exact) mass is 584 g/mol. The Kier molecular flexibility index (Phi) is 7.57. The van der Waals surface area contributed by atoms with Gasteiger partial charge in [0, 0.05) is 17.9 Å². The van der Waals surface area contributed by atoms with Gasteiger partial charge in [-0.1, -0.05) is 83.3 Å². The number of ether oxygens (including phenoxy) is 4. The molecule has 0 radical (unpaired) electrons. The van der Waals surface area contributed by atoms with Gasteiger partial charge in [0.05, 0.1) is 12.2 Å². The van der Waals surface area contributed by atoms with Crippen molar-refractivity contribution in [2.24, 2.45) is 17.8 Å². The van der Waals surface area contributed by atoms with Crippen LogP contribution in [-0.4, -0.2) is 74.4 Å². The number of hydrogen-bond acceptors (Lipinski definition) is 8. The normalized spacial score (nSPS) is 48.4. The van der Waals surface area contributed by atoms with E-state index in [0.717, 1.165) is 18.4 Å². The number of carbonyl (C=O) groups is 1. The standard InChI is InChI=1S/C34H48O8/c1-6-7-8-9-10-11-12-13-14-15-16-17-32-40-27-25-28-31(20-35,39-28)29(37)33(38)24(18-22(4)26(33)36)34(25,42-32)23(5)19-30(27,41-32)21(2)3/h14-18,23-25,27-29,35,37-38H,2,6-13,19-20H2,1,3-5H3/b15-14+,17-16-/t23-,24-,25-,27-,28+,29-,30-,31+,32?,33-,34+/m1/s1. The Bertz CT molecular complexity index is 1210. The lowest BCUT2D eigenvalue weighted by Gasteiger charge is -2.59. The summed E-state index contributed by atoms with van der Waals surface area (Å²) in [5, 5.41) is 34.2. The van der Waals surface area contributed by atoms with Gasteiger partial charge in [-0.15, -0.1) is 0 Å². The van der Waals surface area contributed by atoms with Crippen LogP contribution in [-0.2, 0) is 23.7 Å². The number of rotatable bonds is 12. The van der Waals surface area contributed by atoms with Gasteiger partial charge < -0.3 is 34.3 Å². The molecule has 3 aliphatic carbocycles. The fourth-order valence-corrected chi connectivity index (χ4v) is 8.98. The van der Waals surface area contributed by atoms with Gasteiger partial charge in [0.25, 0.3) is 0 Å². The minimum atomic E-state index is -2.22. The minimum Gasteiger partial charge on any atom is -0.393 e. The van der Waals surface area contributed by atoms with E-state index < -0.39 is 70.9 Å². The molecule has 8 nitrogen and oxygen atoms in total. The summed E-state index contributed by atoms with van der Waals surface area (Å²) in [5.41, 5.74) is -4.66. The van der Waals surface area contributed by atoms with Crippen molar-refractivity contribution >= 4 is 5.78 Å². The summed E-state index contributed by atoms with van der Waals surface area (Å²) in [7, 11) is 0. The Morgan fingerprint density at radius 3 is 2.50 bits per heavy atom. The van der Waals surface area contributed by atoms with Crippen molar-refractivity contribution in [2.75, 3.05) is 6.61 Å². The second-order valence-corrected chi connectivity index (χ2v) is 13.7. The molecule has 42 heavy (non-hydrogen) atoms. The molecule has 0 amide bonds. The lowest BCUT2D eigenvalue weighted by atomic mass is 9.54. The molecule has 3 aliphatic heterocycles. The maximum atomic E-state index is 13.5. The molecule has 2 saturated carbocycles. The number of Topliss-reactive ketones (excluding diaryl/α,β-unsaturated/α-hetero) is 1. The average Bonchev–Trinajstić information content (AvgIpc) is 3.60. The number of epoxide rings is 1. The zero-order valence-corrected chi connectivity index (χ0v) is 25.5. The summed E-state index contributed by atoms with van der Waals surface area (Å²) in [6, 6.07) is 0. The predicted molar refractivity (Wildman–Crippen MR) is 156 cm³/mol. The van der Waals surface area contributed by atoms with E-state index in [1.165, 1.54) is 38.5 Å². The van der Waals surface area contributed by atoms with Crippen molar-refractivity contribution in [3.63, 3.8) is 0 Å². The van der Waals surface area contributed by atoms with Crippen LogP contribution in [0, 0.1) is 17.8 Å². The molecule has 8 heteroatoms. The summed E-state index contributed by atoms with van der Waals surface area (Å²) in [6.45, 7) is 11.6. The van der Waals surface area contributed by atoms with Gasteiger partial charge in [-0.05, 0) is 50.2 Å². The third-order valence-corrected chi connectivity index (χ3v) is 11.2. The van der Waals surface area contributed by atoms with E-state index in [4.69, 9.17) is 18.9 Å². The molecule has 232 valence electrons. The Morgan fingerprint density at radius 1 is 1.10 bits per heavy atom. The summed E-state index contributed by atoms with van der Waals surface area (Å²) in [6.07, 6.45) is 16.9. The highest BCUT2D eigenvalue weighted by atomic mass is 16.9. The molecule has 0 aromatic heterocycles. The van der Waals surface area contributed by atoms with Crippen LogP contribution < -0.4 is 0 Å². The molecule has 3 N–H and O–H groups in total. The molecular formula is C34H48O8. The lowest BCUT2D eigenvalue weighted by Crippen LogP contribution is -2.72. The number of aliphatic hydroxyl groups excluding tert-OH is 2. The van der Waals surface area contributed by atoms with Gasteiger partial charge in [-0.3, -0.25) is 4.79 Å². The molecule has 3 bridgehead atoms. The molecule has 11 atom stereocenters. The maximum absolute atomic E-state index is 13.5. The smallest absolute Gasteiger partial charge is 0.306 e. The SMILES string of the molecule is C=C(C)[C@]12C[C@@H](C)[C@@]34OC(/C=C\C=C\CCCCCCCCC)(O[C@@H]1[C@@H]3[C@@H]1O[C@]1(CO)[C@@H](O)[C@]1(O)C(=O)C(C)=C[C@H]14)O2. The maximum Gasteiger partial charge on any atom is 0.306 e. The van der Waals surface area contributed by atoms with Gasteiger partial charge in [-0.25, -0.2) is 0 Å². The first-order chi connectivity index (χ1) is 20.0. The van der Waals surface area contributed by atoms with Crippen LogP contribution in [0.5, 0.6) is 0 Å². The van der Waals surface area contributed by atoms with E-state index >= 15 is 0 Å². The molecule has 6 rings (SSSR count). The Labute approximate surface area is 249 Å². The van der Waals surface area contributed by atoms with E-state index in [0.29, 0.717) is 12.0 Å². The van der Waals surface area contributed by atoms with Crippen LogP contribution in [0.15, 0.2) is 48.1 Å². The van der Waals surface area contributed by atoms with Crippen molar-refractivity contribution < 1.29 is 39.1 Å². The molecule has 0 spiro atoms. The van der Waals surface area contributed by atoms with E-state index in [2.05, 4.69) is 19.6 Å².